The van der Waals surface area contributed by atoms with Crippen LogP contribution in [0.5, 0.6) is 5.75 Å². The number of pyridine rings is 1. The number of hydrogen-bond donors (Lipinski definition) is 3. The summed E-state index contributed by atoms with van der Waals surface area (Å²) in [6.45, 7) is 0. The van der Waals surface area contributed by atoms with Crippen molar-refractivity contribution in [3.05, 3.63) is 48.3 Å². The molecule has 29 heavy (non-hydrogen) atoms. The van der Waals surface area contributed by atoms with Gasteiger partial charge in [-0.2, -0.15) is 0 Å². The Morgan fingerprint density at radius 3 is 2.76 bits per heavy atom. The number of carbonyl (C=O) groups excluding carboxylic acids is 1. The zero-order valence-corrected chi connectivity index (χ0v) is 16.1. The van der Waals surface area contributed by atoms with E-state index in [0.717, 1.165) is 31.1 Å². The lowest BCUT2D eigenvalue weighted by Gasteiger charge is -2.26. The second-order valence-corrected chi connectivity index (χ2v) is 7.15. The number of nitrogens with zero attached hydrogens (tertiary/aromatic N) is 3. The fourth-order valence-corrected chi connectivity index (χ4v) is 3.43. The molecule has 0 unspecified atom stereocenters. The van der Waals surface area contributed by atoms with Crippen LogP contribution >= 0.6 is 0 Å². The summed E-state index contributed by atoms with van der Waals surface area (Å²) in [7, 11) is 1.56. The number of anilines is 2. The highest BCUT2D eigenvalue weighted by atomic mass is 16.5. The average molecular weight is 393 g/mol. The van der Waals surface area contributed by atoms with Crippen LogP contribution in [0.15, 0.2) is 42.7 Å². The van der Waals surface area contributed by atoms with E-state index in [2.05, 4.69) is 25.6 Å². The summed E-state index contributed by atoms with van der Waals surface area (Å²) in [5.41, 5.74) is 1.16. The number of nitrogens with one attached hydrogen (secondary N) is 2. The minimum absolute atomic E-state index is 0.203. The van der Waals surface area contributed by atoms with E-state index in [-0.39, 0.29) is 18.1 Å². The molecule has 3 N–H and O–H groups in total. The zero-order valence-electron chi connectivity index (χ0n) is 16.1. The quantitative estimate of drug-likeness (QED) is 0.611. The van der Waals surface area contributed by atoms with Gasteiger partial charge in [-0.1, -0.05) is 6.07 Å². The Morgan fingerprint density at radius 2 is 1.97 bits per heavy atom. The summed E-state index contributed by atoms with van der Waals surface area (Å²) >= 11 is 0. The van der Waals surface area contributed by atoms with Gasteiger partial charge in [-0.15, -0.1) is 0 Å². The second-order valence-electron chi connectivity index (χ2n) is 7.15. The molecule has 4 rings (SSSR count). The number of methoxy groups -OCH3 is 1. The number of amides is 1. The first-order valence-corrected chi connectivity index (χ1v) is 9.63. The smallest absolute Gasteiger partial charge is 0.256 e. The molecule has 1 fully saturated rings. The van der Waals surface area contributed by atoms with Gasteiger partial charge in [0.05, 0.1) is 18.7 Å². The van der Waals surface area contributed by atoms with Crippen LogP contribution in [0, 0.1) is 0 Å². The summed E-state index contributed by atoms with van der Waals surface area (Å²) in [5.74, 6) is 1.29. The first-order valence-electron chi connectivity index (χ1n) is 9.63. The van der Waals surface area contributed by atoms with Crippen LogP contribution in [-0.2, 0) is 0 Å². The largest absolute Gasteiger partial charge is 0.497 e. The molecule has 2 aromatic heterocycles. The first-order chi connectivity index (χ1) is 14.1. The van der Waals surface area contributed by atoms with E-state index < -0.39 is 0 Å². The van der Waals surface area contributed by atoms with Gasteiger partial charge in [0.25, 0.3) is 5.91 Å². The molecule has 0 aliphatic heterocycles. The van der Waals surface area contributed by atoms with Crippen LogP contribution in [0.4, 0.5) is 11.8 Å². The van der Waals surface area contributed by atoms with E-state index in [1.807, 2.05) is 6.07 Å². The maximum Gasteiger partial charge on any atom is 0.256 e. The van der Waals surface area contributed by atoms with E-state index >= 15 is 0 Å². The Labute approximate surface area is 168 Å². The highest BCUT2D eigenvalue weighted by molar-refractivity contribution is 6.05. The maximum atomic E-state index is 12.6. The summed E-state index contributed by atoms with van der Waals surface area (Å²) in [6.07, 6.45) is 6.46. The van der Waals surface area contributed by atoms with Crippen LogP contribution < -0.4 is 15.4 Å². The summed E-state index contributed by atoms with van der Waals surface area (Å²) < 4.78 is 5.15. The standard InChI is InChI=1S/C21H23N5O3/c1-29-17-8-9-22-19(11-17)26-20(28)13-2-3-14-12-23-21(25-18(14)10-13)24-15-4-6-16(27)7-5-15/h2-3,8-12,15-16,27H,4-7H2,1H3,(H,22,26,28)(H,23,24,25)/t15-,16-. The lowest BCUT2D eigenvalue weighted by Crippen LogP contribution is -2.28. The van der Waals surface area contributed by atoms with Gasteiger partial charge in [-0.05, 0) is 43.9 Å². The monoisotopic (exact) mass is 393 g/mol. The molecule has 150 valence electrons. The van der Waals surface area contributed by atoms with E-state index in [4.69, 9.17) is 4.74 Å². The number of carbonyl (C=O) groups is 1. The third kappa shape index (κ3) is 4.60. The molecule has 1 aliphatic carbocycles. The summed E-state index contributed by atoms with van der Waals surface area (Å²) in [5, 5.41) is 16.6. The molecule has 0 atom stereocenters. The van der Waals surface area contributed by atoms with Crippen molar-refractivity contribution in [1.82, 2.24) is 15.0 Å². The molecular weight excluding hydrogens is 370 g/mol. The number of aliphatic hydroxyl groups excluding tert-OH is 1. The van der Waals surface area contributed by atoms with Crippen molar-refractivity contribution in [2.75, 3.05) is 17.7 Å². The molecule has 0 radical (unpaired) electrons. The molecule has 8 nitrogen and oxygen atoms in total. The molecule has 0 bridgehead atoms. The average Bonchev–Trinajstić information content (AvgIpc) is 2.75. The van der Waals surface area contributed by atoms with E-state index in [9.17, 15) is 9.90 Å². The van der Waals surface area contributed by atoms with Crippen molar-refractivity contribution < 1.29 is 14.6 Å². The molecule has 3 aromatic rings. The van der Waals surface area contributed by atoms with Gasteiger partial charge >= 0.3 is 0 Å². The molecule has 0 spiro atoms. The van der Waals surface area contributed by atoms with Gasteiger partial charge in [0, 0.05) is 35.5 Å². The normalized spacial score (nSPS) is 19.0. The van der Waals surface area contributed by atoms with Crippen LogP contribution in [0.3, 0.4) is 0 Å². The predicted molar refractivity (Wildman–Crippen MR) is 110 cm³/mol. The molecular formula is C21H23N5O3. The summed E-state index contributed by atoms with van der Waals surface area (Å²) in [4.78, 5) is 25.7. The molecule has 1 aromatic carbocycles. The minimum atomic E-state index is -0.276. The highest BCUT2D eigenvalue weighted by Crippen LogP contribution is 2.22. The Morgan fingerprint density at radius 1 is 1.14 bits per heavy atom. The Bertz CT molecular complexity index is 1020. The van der Waals surface area contributed by atoms with E-state index in [0.29, 0.717) is 28.6 Å². The van der Waals surface area contributed by atoms with E-state index in [1.54, 1.807) is 43.8 Å². The fourth-order valence-electron chi connectivity index (χ4n) is 3.43. The van der Waals surface area contributed by atoms with Crippen LogP contribution in [0.25, 0.3) is 10.9 Å². The zero-order chi connectivity index (χ0) is 20.2. The number of aromatic nitrogens is 3. The minimum Gasteiger partial charge on any atom is -0.497 e. The topological polar surface area (TPSA) is 109 Å². The molecule has 1 saturated carbocycles. The molecule has 1 amide bonds. The fraction of sp³-hybridized carbons (Fsp3) is 0.333. The van der Waals surface area contributed by atoms with Crippen LogP contribution in [-0.4, -0.2) is 45.2 Å². The van der Waals surface area contributed by atoms with Gasteiger partial charge < -0.3 is 20.5 Å². The van der Waals surface area contributed by atoms with Crippen LogP contribution in [0.2, 0.25) is 0 Å². The van der Waals surface area contributed by atoms with Crippen molar-refractivity contribution in [1.29, 1.82) is 0 Å². The van der Waals surface area contributed by atoms with Gasteiger partial charge in [0.2, 0.25) is 5.95 Å². The van der Waals surface area contributed by atoms with Gasteiger partial charge in [-0.3, -0.25) is 4.79 Å². The van der Waals surface area contributed by atoms with Gasteiger partial charge in [-0.25, -0.2) is 15.0 Å². The number of ether oxygens (including phenoxy) is 1. The first kappa shape index (κ1) is 19.1. The van der Waals surface area contributed by atoms with Crippen molar-refractivity contribution in [3.8, 4) is 5.75 Å². The summed E-state index contributed by atoms with van der Waals surface area (Å²) in [6, 6.07) is 8.92. The third-order valence-electron chi connectivity index (χ3n) is 5.08. The van der Waals surface area contributed by atoms with Crippen molar-refractivity contribution in [3.63, 3.8) is 0 Å². The van der Waals surface area contributed by atoms with E-state index in [1.165, 1.54) is 0 Å². The number of benzene rings is 1. The van der Waals surface area contributed by atoms with Gasteiger partial charge in [0.1, 0.15) is 11.6 Å². The molecule has 8 heteroatoms. The lowest BCUT2D eigenvalue weighted by molar-refractivity contribution is 0.102. The SMILES string of the molecule is COc1ccnc(NC(=O)c2ccc3cnc(N[C@H]4CC[C@H](O)CC4)nc3c2)c1. The maximum absolute atomic E-state index is 12.6. The third-order valence-corrected chi connectivity index (χ3v) is 5.08. The Balaban J connectivity index is 1.50. The Kier molecular flexibility index (Phi) is 5.53. The number of rotatable bonds is 5. The van der Waals surface area contributed by atoms with Crippen molar-refractivity contribution >= 4 is 28.6 Å². The van der Waals surface area contributed by atoms with Gasteiger partial charge in [0.15, 0.2) is 0 Å². The molecule has 1 aliphatic rings. The lowest BCUT2D eigenvalue weighted by atomic mass is 9.93. The van der Waals surface area contributed by atoms with Crippen molar-refractivity contribution in [2.24, 2.45) is 0 Å². The van der Waals surface area contributed by atoms with Crippen molar-refractivity contribution in [2.45, 2.75) is 37.8 Å². The molecule has 2 heterocycles. The van der Waals surface area contributed by atoms with Crippen LogP contribution in [0.1, 0.15) is 36.0 Å². The molecule has 0 saturated heterocycles. The number of aliphatic hydroxyl groups is 1. The predicted octanol–water partition coefficient (Wildman–Crippen LogP) is 3.00. The highest BCUT2D eigenvalue weighted by Gasteiger charge is 2.20. The number of hydrogen-bond acceptors (Lipinski definition) is 7. The Hall–Kier alpha value is -3.26. The number of fused-ring (bicyclic) bond motifs is 1. The second kappa shape index (κ2) is 8.40.